The van der Waals surface area contributed by atoms with Crippen molar-refractivity contribution < 1.29 is 22.4 Å². The second kappa shape index (κ2) is 8.39. The van der Waals surface area contributed by atoms with Gasteiger partial charge in [0.2, 0.25) is 10.0 Å². The number of rotatable bonds is 5. The summed E-state index contributed by atoms with van der Waals surface area (Å²) in [4.78, 5) is 24.2. The molecule has 3 rings (SSSR count). The van der Waals surface area contributed by atoms with Gasteiger partial charge >= 0.3 is 11.6 Å². The number of carbonyl (C=O) groups is 1. The zero-order chi connectivity index (χ0) is 22.2. The number of ether oxygens (including phenoxy) is 1. The Bertz CT molecular complexity index is 1310. The number of hydrogen-bond acceptors (Lipinski definition) is 6. The second-order valence-corrected chi connectivity index (χ2v) is 9.63. The molecule has 0 N–H and O–H groups in total. The van der Waals surface area contributed by atoms with E-state index in [4.69, 9.17) is 32.4 Å². The third-order valence-electron chi connectivity index (χ3n) is 4.39. The van der Waals surface area contributed by atoms with Crippen molar-refractivity contribution in [3.8, 4) is 0 Å². The molecular weight excluding hydrogens is 453 g/mol. The molecule has 0 radical (unpaired) electrons. The Kier molecular flexibility index (Phi) is 6.24. The van der Waals surface area contributed by atoms with Crippen LogP contribution in [0.3, 0.4) is 0 Å². The Balaban J connectivity index is 1.92. The molecule has 1 heterocycles. The van der Waals surface area contributed by atoms with Crippen molar-refractivity contribution in [2.24, 2.45) is 0 Å². The van der Waals surface area contributed by atoms with Gasteiger partial charge in [0.15, 0.2) is 0 Å². The van der Waals surface area contributed by atoms with Crippen LogP contribution in [-0.4, -0.2) is 32.8 Å². The van der Waals surface area contributed by atoms with Gasteiger partial charge in [0, 0.05) is 36.1 Å². The summed E-state index contributed by atoms with van der Waals surface area (Å²) in [7, 11) is -1.14. The third kappa shape index (κ3) is 4.37. The SMILES string of the molecule is Cc1cc2oc(=O)cc(COC(=O)c3ccc(Cl)c(S(=O)(=O)N(C)C)c3)c2cc1Cl. The third-order valence-corrected chi connectivity index (χ3v) is 7.10. The highest BCUT2D eigenvalue weighted by Gasteiger charge is 2.23. The molecule has 0 fully saturated rings. The fraction of sp³-hybridized carbons (Fsp3) is 0.200. The van der Waals surface area contributed by atoms with E-state index in [1.807, 2.05) is 0 Å². The highest BCUT2D eigenvalue weighted by atomic mass is 35.5. The van der Waals surface area contributed by atoms with Crippen molar-refractivity contribution in [1.29, 1.82) is 0 Å². The van der Waals surface area contributed by atoms with Crippen LogP contribution in [0.25, 0.3) is 11.0 Å². The molecule has 30 heavy (non-hydrogen) atoms. The van der Waals surface area contributed by atoms with E-state index in [0.717, 1.165) is 15.9 Å². The summed E-state index contributed by atoms with van der Waals surface area (Å²) in [5, 5.41) is 0.988. The van der Waals surface area contributed by atoms with Crippen molar-refractivity contribution in [1.82, 2.24) is 4.31 Å². The van der Waals surface area contributed by atoms with E-state index < -0.39 is 21.6 Å². The van der Waals surface area contributed by atoms with Crippen LogP contribution in [0.1, 0.15) is 21.5 Å². The first-order valence-corrected chi connectivity index (χ1v) is 10.8. The molecule has 10 heteroatoms. The summed E-state index contributed by atoms with van der Waals surface area (Å²) < 4.78 is 36.2. The lowest BCUT2D eigenvalue weighted by Crippen LogP contribution is -2.23. The summed E-state index contributed by atoms with van der Waals surface area (Å²) in [6.45, 7) is 1.53. The molecule has 0 amide bonds. The molecule has 0 saturated heterocycles. The Hall–Kier alpha value is -2.39. The van der Waals surface area contributed by atoms with Crippen LogP contribution in [0.2, 0.25) is 10.0 Å². The molecule has 0 aliphatic heterocycles. The van der Waals surface area contributed by atoms with Gasteiger partial charge in [-0.25, -0.2) is 22.3 Å². The molecule has 0 bridgehead atoms. The maximum atomic E-state index is 12.5. The normalized spacial score (nSPS) is 11.8. The van der Waals surface area contributed by atoms with Gasteiger partial charge in [-0.05, 0) is 42.8 Å². The molecule has 0 atom stereocenters. The molecule has 158 valence electrons. The van der Waals surface area contributed by atoms with Crippen LogP contribution < -0.4 is 5.63 Å². The van der Waals surface area contributed by atoms with Crippen molar-refractivity contribution >= 4 is 50.2 Å². The minimum absolute atomic E-state index is 0.000901. The quantitative estimate of drug-likeness (QED) is 0.413. The minimum Gasteiger partial charge on any atom is -0.457 e. The summed E-state index contributed by atoms with van der Waals surface area (Å²) >= 11 is 12.2. The summed E-state index contributed by atoms with van der Waals surface area (Å²) in [5.41, 5.74) is 0.868. The van der Waals surface area contributed by atoms with E-state index in [9.17, 15) is 18.0 Å². The van der Waals surface area contributed by atoms with Crippen LogP contribution in [0.5, 0.6) is 0 Å². The Labute approximate surface area is 182 Å². The van der Waals surface area contributed by atoms with Gasteiger partial charge in [-0.15, -0.1) is 0 Å². The fourth-order valence-electron chi connectivity index (χ4n) is 2.72. The molecule has 3 aromatic rings. The van der Waals surface area contributed by atoms with Crippen molar-refractivity contribution in [3.05, 3.63) is 73.6 Å². The minimum atomic E-state index is -3.85. The lowest BCUT2D eigenvalue weighted by molar-refractivity contribution is 0.0473. The Morgan fingerprint density at radius 3 is 2.47 bits per heavy atom. The highest BCUT2D eigenvalue weighted by molar-refractivity contribution is 7.89. The molecular formula is C20H17Cl2NO6S. The molecule has 7 nitrogen and oxygen atoms in total. The summed E-state index contributed by atoms with van der Waals surface area (Å²) in [5.74, 6) is -0.776. The number of fused-ring (bicyclic) bond motifs is 1. The second-order valence-electron chi connectivity index (χ2n) is 6.70. The lowest BCUT2D eigenvalue weighted by atomic mass is 10.1. The number of nitrogens with zero attached hydrogens (tertiary/aromatic N) is 1. The van der Waals surface area contributed by atoms with Gasteiger partial charge in [-0.3, -0.25) is 0 Å². The van der Waals surface area contributed by atoms with Crippen LogP contribution >= 0.6 is 23.2 Å². The number of benzene rings is 2. The summed E-state index contributed by atoms with van der Waals surface area (Å²) in [6, 6.07) is 8.29. The van der Waals surface area contributed by atoms with Gasteiger partial charge in [-0.1, -0.05) is 23.2 Å². The summed E-state index contributed by atoms with van der Waals surface area (Å²) in [6.07, 6.45) is 0. The average molecular weight is 470 g/mol. The fourth-order valence-corrected chi connectivity index (χ4v) is 4.28. The molecule has 0 spiro atoms. The van der Waals surface area contributed by atoms with Crippen molar-refractivity contribution in [2.45, 2.75) is 18.4 Å². The van der Waals surface area contributed by atoms with E-state index in [0.29, 0.717) is 21.6 Å². The van der Waals surface area contributed by atoms with Crippen LogP contribution in [-0.2, 0) is 21.4 Å². The topological polar surface area (TPSA) is 93.9 Å². The number of esters is 1. The lowest BCUT2D eigenvalue weighted by Gasteiger charge is -2.14. The molecule has 1 aromatic heterocycles. The van der Waals surface area contributed by atoms with Crippen molar-refractivity contribution in [2.75, 3.05) is 14.1 Å². The maximum absolute atomic E-state index is 12.5. The van der Waals surface area contributed by atoms with E-state index in [2.05, 4.69) is 0 Å². The van der Waals surface area contributed by atoms with E-state index in [-0.39, 0.29) is 22.1 Å². The number of aryl methyl sites for hydroxylation is 1. The molecule has 0 unspecified atom stereocenters. The van der Waals surface area contributed by atoms with Crippen LogP contribution in [0.15, 0.2) is 50.5 Å². The zero-order valence-electron chi connectivity index (χ0n) is 16.2. The highest BCUT2D eigenvalue weighted by Crippen LogP contribution is 2.27. The number of hydrogen-bond donors (Lipinski definition) is 0. The first-order valence-electron chi connectivity index (χ1n) is 8.63. The molecule has 0 saturated carbocycles. The number of sulfonamides is 1. The molecule has 2 aromatic carbocycles. The number of halogens is 2. The predicted octanol–water partition coefficient (Wildman–Crippen LogP) is 4.02. The maximum Gasteiger partial charge on any atom is 0.338 e. The van der Waals surface area contributed by atoms with Gasteiger partial charge in [0.1, 0.15) is 17.1 Å². The van der Waals surface area contributed by atoms with Crippen LogP contribution in [0.4, 0.5) is 0 Å². The Morgan fingerprint density at radius 2 is 1.80 bits per heavy atom. The van der Waals surface area contributed by atoms with Crippen LogP contribution in [0, 0.1) is 6.92 Å². The van der Waals surface area contributed by atoms with E-state index >= 15 is 0 Å². The first kappa shape index (κ1) is 22.3. The molecule has 0 aliphatic carbocycles. The van der Waals surface area contributed by atoms with E-state index in [1.54, 1.807) is 19.1 Å². The monoisotopic (exact) mass is 469 g/mol. The Morgan fingerprint density at radius 1 is 1.10 bits per heavy atom. The van der Waals surface area contributed by atoms with Gasteiger partial charge in [0.25, 0.3) is 0 Å². The zero-order valence-corrected chi connectivity index (χ0v) is 18.6. The van der Waals surface area contributed by atoms with Gasteiger partial charge < -0.3 is 9.15 Å². The first-order chi connectivity index (χ1) is 14.0. The largest absolute Gasteiger partial charge is 0.457 e. The van der Waals surface area contributed by atoms with E-state index in [1.165, 1.54) is 32.3 Å². The standard InChI is InChI=1S/C20H17Cl2NO6S/c1-11-6-17-14(9-16(11)22)13(8-19(24)29-17)10-28-20(25)12-4-5-15(21)18(7-12)30(26,27)23(2)3/h4-9H,10H2,1-3H3. The van der Waals surface area contributed by atoms with Gasteiger partial charge in [0.05, 0.1) is 10.6 Å². The average Bonchev–Trinajstić information content (AvgIpc) is 2.67. The van der Waals surface area contributed by atoms with Gasteiger partial charge in [-0.2, -0.15) is 0 Å². The predicted molar refractivity (Wildman–Crippen MR) is 114 cm³/mol. The smallest absolute Gasteiger partial charge is 0.338 e. The van der Waals surface area contributed by atoms with Crippen molar-refractivity contribution in [3.63, 3.8) is 0 Å². The number of carbonyl (C=O) groups excluding carboxylic acids is 1. The molecule has 0 aliphatic rings.